The number of benzene rings is 2. The Kier molecular flexibility index (Phi) is 6.83. The highest BCUT2D eigenvalue weighted by Gasteiger charge is 2.61. The number of hydrogen-bond donors (Lipinski definition) is 2. The van der Waals surface area contributed by atoms with Crippen LogP contribution in [-0.4, -0.2) is 54.6 Å². The number of esters is 1. The van der Waals surface area contributed by atoms with Crippen molar-refractivity contribution in [1.29, 1.82) is 0 Å². The van der Waals surface area contributed by atoms with E-state index in [0.717, 1.165) is 0 Å². The van der Waals surface area contributed by atoms with Gasteiger partial charge < -0.3 is 29.0 Å². The maximum atomic E-state index is 14.1. The number of ketones is 2. The van der Waals surface area contributed by atoms with Crippen molar-refractivity contribution < 1.29 is 38.4 Å². The molecule has 0 saturated heterocycles. The number of aliphatic hydroxyl groups is 1. The standard InChI is InChI=1S/C29H26ClNO9/c1-13-9-18(32)22(15(11-21(33)39-4)16-10-14-7-5-6-8-17(14)31-28(16)36)26(34)29(13)27(35)23-19(37-2)12-20(38-3)24(30)25(23)40-29/h5-8,10,12-13,15,34H,9,11H2,1-4H3,(H,31,36)/t13-,15?,29+/m1/s1. The summed E-state index contributed by atoms with van der Waals surface area (Å²) in [5.41, 5.74) is -2.34. The number of aromatic amines is 1. The molecule has 1 spiro atoms. The molecule has 3 atom stereocenters. The minimum Gasteiger partial charge on any atom is -0.507 e. The molecular weight excluding hydrogens is 542 g/mol. The van der Waals surface area contributed by atoms with Crippen LogP contribution in [0.1, 0.15) is 41.6 Å². The van der Waals surface area contributed by atoms with Crippen molar-refractivity contribution in [3.05, 3.63) is 74.2 Å². The van der Waals surface area contributed by atoms with Crippen molar-refractivity contribution in [1.82, 2.24) is 4.98 Å². The number of para-hydroxylation sites is 1. The number of halogens is 1. The molecule has 2 aliphatic rings. The lowest BCUT2D eigenvalue weighted by atomic mass is 9.69. The molecule has 0 bridgehead atoms. The summed E-state index contributed by atoms with van der Waals surface area (Å²) in [4.78, 5) is 56.2. The third-order valence-electron chi connectivity index (χ3n) is 7.62. The van der Waals surface area contributed by atoms with E-state index >= 15 is 0 Å². The number of carbonyl (C=O) groups excluding carboxylic acids is 3. The van der Waals surface area contributed by atoms with Crippen LogP contribution in [0.5, 0.6) is 17.2 Å². The number of fused-ring (bicyclic) bond motifs is 2. The number of aliphatic hydroxyl groups excluding tert-OH is 1. The predicted molar refractivity (Wildman–Crippen MR) is 145 cm³/mol. The Morgan fingerprint density at radius 1 is 1.15 bits per heavy atom. The van der Waals surface area contributed by atoms with Gasteiger partial charge in [-0.25, -0.2) is 0 Å². The van der Waals surface area contributed by atoms with Gasteiger partial charge in [0.25, 0.3) is 5.56 Å². The van der Waals surface area contributed by atoms with Gasteiger partial charge in [0.05, 0.1) is 27.8 Å². The normalized spacial score (nSPS) is 20.9. The fraction of sp³-hybridized carbons (Fsp3) is 0.310. The third kappa shape index (κ3) is 3.93. The first-order chi connectivity index (χ1) is 19.1. The summed E-state index contributed by atoms with van der Waals surface area (Å²) < 4.78 is 21.7. The van der Waals surface area contributed by atoms with Gasteiger partial charge in [-0.2, -0.15) is 0 Å². The Labute approximate surface area is 233 Å². The molecule has 1 aromatic heterocycles. The molecule has 0 saturated carbocycles. The maximum Gasteiger partial charge on any atom is 0.306 e. The molecule has 10 nitrogen and oxygen atoms in total. The van der Waals surface area contributed by atoms with E-state index in [1.165, 1.54) is 27.4 Å². The first kappa shape index (κ1) is 27.3. The fourth-order valence-corrected chi connectivity index (χ4v) is 5.84. The van der Waals surface area contributed by atoms with Crippen molar-refractivity contribution in [3.8, 4) is 17.2 Å². The van der Waals surface area contributed by atoms with E-state index in [0.29, 0.717) is 10.9 Å². The van der Waals surface area contributed by atoms with Gasteiger partial charge in [0, 0.05) is 41.0 Å². The van der Waals surface area contributed by atoms with Crippen LogP contribution in [0.4, 0.5) is 0 Å². The van der Waals surface area contributed by atoms with E-state index in [1.54, 1.807) is 37.3 Å². The zero-order valence-corrected chi connectivity index (χ0v) is 22.9. The van der Waals surface area contributed by atoms with Crippen LogP contribution in [0, 0.1) is 5.92 Å². The summed E-state index contributed by atoms with van der Waals surface area (Å²) in [6.45, 7) is 1.59. The number of allylic oxidation sites excluding steroid dienone is 1. The van der Waals surface area contributed by atoms with E-state index in [1.807, 2.05) is 0 Å². The third-order valence-corrected chi connectivity index (χ3v) is 7.97. The van der Waals surface area contributed by atoms with Gasteiger partial charge in [-0.1, -0.05) is 36.7 Å². The number of H-pyrrole nitrogens is 1. The molecule has 11 heteroatoms. The number of carbonyl (C=O) groups is 3. The van der Waals surface area contributed by atoms with Crippen molar-refractivity contribution >= 4 is 40.0 Å². The number of ether oxygens (including phenoxy) is 4. The lowest BCUT2D eigenvalue weighted by Gasteiger charge is -2.38. The number of hydrogen-bond acceptors (Lipinski definition) is 9. The van der Waals surface area contributed by atoms with Crippen molar-refractivity contribution in [2.45, 2.75) is 31.3 Å². The Bertz CT molecular complexity index is 1670. The molecule has 40 heavy (non-hydrogen) atoms. The highest BCUT2D eigenvalue weighted by Crippen LogP contribution is 2.55. The predicted octanol–water partition coefficient (Wildman–Crippen LogP) is 4.28. The number of rotatable bonds is 6. The Hall–Kier alpha value is -4.31. The van der Waals surface area contributed by atoms with Gasteiger partial charge >= 0.3 is 5.97 Å². The molecule has 1 aliphatic heterocycles. The van der Waals surface area contributed by atoms with Crippen molar-refractivity contribution in [3.63, 3.8) is 0 Å². The SMILES string of the molecule is COC(=O)CC(C1=C(O)[C@@]2(Oc3c(Cl)c(OC)cc(OC)c3C2=O)[C@H](C)CC1=O)c1cc2ccccc2[nH]c1=O. The first-order valence-electron chi connectivity index (χ1n) is 12.4. The number of pyridine rings is 1. The number of aromatic nitrogens is 1. The Balaban J connectivity index is 1.76. The van der Waals surface area contributed by atoms with E-state index < -0.39 is 52.7 Å². The Morgan fingerprint density at radius 3 is 2.52 bits per heavy atom. The van der Waals surface area contributed by atoms with E-state index in [-0.39, 0.29) is 45.4 Å². The molecule has 3 aromatic rings. The monoisotopic (exact) mass is 567 g/mol. The molecule has 208 valence electrons. The molecule has 0 radical (unpaired) electrons. The molecule has 2 heterocycles. The molecule has 0 fully saturated rings. The van der Waals surface area contributed by atoms with Crippen molar-refractivity contribution in [2.75, 3.05) is 21.3 Å². The van der Waals surface area contributed by atoms with Gasteiger partial charge in [-0.15, -0.1) is 0 Å². The molecule has 2 N–H and O–H groups in total. The largest absolute Gasteiger partial charge is 0.507 e. The van der Waals surface area contributed by atoms with Crippen LogP contribution < -0.4 is 19.8 Å². The van der Waals surface area contributed by atoms with Crippen LogP contribution in [0.25, 0.3) is 10.9 Å². The lowest BCUT2D eigenvalue weighted by molar-refractivity contribution is -0.140. The van der Waals surface area contributed by atoms with E-state index in [9.17, 15) is 24.3 Å². The van der Waals surface area contributed by atoms with Crippen LogP contribution in [-0.2, 0) is 14.3 Å². The van der Waals surface area contributed by atoms with Gasteiger partial charge in [0.15, 0.2) is 17.3 Å². The van der Waals surface area contributed by atoms with Crippen molar-refractivity contribution in [2.24, 2.45) is 5.92 Å². The van der Waals surface area contributed by atoms with Crippen LogP contribution >= 0.6 is 11.6 Å². The quantitative estimate of drug-likeness (QED) is 0.417. The van der Waals surface area contributed by atoms with Gasteiger partial charge in [0.2, 0.25) is 11.4 Å². The zero-order chi connectivity index (χ0) is 28.9. The summed E-state index contributed by atoms with van der Waals surface area (Å²) >= 11 is 6.50. The molecule has 1 unspecified atom stereocenters. The second-order valence-corrected chi connectivity index (χ2v) is 10.1. The Morgan fingerprint density at radius 2 is 1.85 bits per heavy atom. The number of methoxy groups -OCH3 is 3. The molecule has 1 aliphatic carbocycles. The van der Waals surface area contributed by atoms with Gasteiger partial charge in [0.1, 0.15) is 22.1 Å². The second-order valence-electron chi connectivity index (χ2n) is 9.73. The van der Waals surface area contributed by atoms with E-state index in [2.05, 4.69) is 4.98 Å². The number of nitrogens with one attached hydrogen (secondary N) is 1. The van der Waals surface area contributed by atoms with Gasteiger partial charge in [-0.05, 0) is 17.5 Å². The zero-order valence-electron chi connectivity index (χ0n) is 22.1. The maximum absolute atomic E-state index is 14.1. The minimum absolute atomic E-state index is 0.0148. The molecule has 0 amide bonds. The van der Waals surface area contributed by atoms with Crippen LogP contribution in [0.15, 0.2) is 52.5 Å². The van der Waals surface area contributed by atoms with Crippen LogP contribution in [0.3, 0.4) is 0 Å². The van der Waals surface area contributed by atoms with Gasteiger partial charge in [-0.3, -0.25) is 19.2 Å². The molecular formula is C29H26ClNO9. The summed E-state index contributed by atoms with van der Waals surface area (Å²) in [7, 11) is 3.91. The minimum atomic E-state index is -2.06. The molecule has 5 rings (SSSR count). The van der Waals surface area contributed by atoms with Crippen LogP contribution in [0.2, 0.25) is 5.02 Å². The average molecular weight is 568 g/mol. The number of Topliss-reactive ketones (excluding diaryl/α,β-unsaturated/α-hetero) is 2. The first-order valence-corrected chi connectivity index (χ1v) is 12.8. The molecule has 2 aromatic carbocycles. The fourth-order valence-electron chi connectivity index (χ4n) is 5.58. The smallest absolute Gasteiger partial charge is 0.306 e. The lowest BCUT2D eigenvalue weighted by Crippen LogP contribution is -2.53. The highest BCUT2D eigenvalue weighted by molar-refractivity contribution is 6.35. The average Bonchev–Trinajstić information content (AvgIpc) is 3.26. The summed E-state index contributed by atoms with van der Waals surface area (Å²) in [5.74, 6) is -4.52. The summed E-state index contributed by atoms with van der Waals surface area (Å²) in [6, 6.07) is 9.97. The summed E-state index contributed by atoms with van der Waals surface area (Å²) in [5, 5.41) is 12.5. The highest BCUT2D eigenvalue weighted by atomic mass is 35.5. The second kappa shape index (κ2) is 10.0. The summed E-state index contributed by atoms with van der Waals surface area (Å²) in [6.07, 6.45) is -0.675. The topological polar surface area (TPSA) is 141 Å². The van der Waals surface area contributed by atoms with E-state index in [4.69, 9.17) is 30.5 Å².